The van der Waals surface area contributed by atoms with Gasteiger partial charge in [-0.3, -0.25) is 9.36 Å². The van der Waals surface area contributed by atoms with Gasteiger partial charge in [0.15, 0.2) is 11.0 Å². The number of carbonyl (C=O) groups excluding carboxylic acids is 2. The molecule has 3 aromatic heterocycles. The molecule has 1 amide bonds. The lowest BCUT2D eigenvalue weighted by atomic mass is 10.0. The smallest absolute Gasteiger partial charge is 0.341 e. The molecule has 0 aliphatic heterocycles. The fraction of sp³-hybridized carbons (Fsp3) is 0.231. The molecule has 186 valence electrons. The van der Waals surface area contributed by atoms with E-state index >= 15 is 0 Å². The Morgan fingerprint density at radius 2 is 1.94 bits per heavy atom. The Balaban J connectivity index is 1.51. The lowest BCUT2D eigenvalue weighted by Crippen LogP contribution is -2.16. The van der Waals surface area contributed by atoms with Crippen molar-refractivity contribution in [3.05, 3.63) is 70.3 Å². The van der Waals surface area contributed by atoms with Crippen molar-refractivity contribution >= 4 is 51.3 Å². The molecule has 10 heteroatoms. The van der Waals surface area contributed by atoms with Crippen LogP contribution in [0.3, 0.4) is 0 Å². The molecule has 4 aromatic rings. The number of thioether (sulfide) groups is 1. The number of amides is 1. The Morgan fingerprint density at radius 1 is 1.17 bits per heavy atom. The van der Waals surface area contributed by atoms with Gasteiger partial charge in [0.05, 0.1) is 12.9 Å². The van der Waals surface area contributed by atoms with Crippen LogP contribution < -0.4 is 5.32 Å². The number of nitrogens with zero attached hydrogens (tertiary/aromatic N) is 3. The Hall–Kier alpha value is -3.21. The number of benzene rings is 1. The predicted molar refractivity (Wildman–Crippen MR) is 148 cm³/mol. The van der Waals surface area contributed by atoms with E-state index in [0.29, 0.717) is 28.2 Å². The second-order valence-electron chi connectivity index (χ2n) is 8.15. The van der Waals surface area contributed by atoms with E-state index in [2.05, 4.69) is 47.4 Å². The van der Waals surface area contributed by atoms with Crippen molar-refractivity contribution in [2.45, 2.75) is 31.5 Å². The van der Waals surface area contributed by atoms with Crippen molar-refractivity contribution < 1.29 is 14.3 Å². The van der Waals surface area contributed by atoms with Gasteiger partial charge in [0.2, 0.25) is 5.91 Å². The van der Waals surface area contributed by atoms with Gasteiger partial charge >= 0.3 is 5.97 Å². The van der Waals surface area contributed by atoms with Gasteiger partial charge in [0.1, 0.15) is 10.6 Å². The highest BCUT2D eigenvalue weighted by Gasteiger charge is 2.23. The number of thiophene rings is 2. The lowest BCUT2D eigenvalue weighted by Gasteiger charge is -2.09. The lowest BCUT2D eigenvalue weighted by molar-refractivity contribution is -0.113. The quantitative estimate of drug-likeness (QED) is 0.140. The van der Waals surface area contributed by atoms with Crippen LogP contribution in [0, 0.1) is 0 Å². The Morgan fingerprint density at radius 3 is 2.61 bits per heavy atom. The van der Waals surface area contributed by atoms with Gasteiger partial charge < -0.3 is 10.1 Å². The number of carbonyl (C=O) groups is 2. The zero-order valence-corrected chi connectivity index (χ0v) is 22.6. The average molecular weight is 539 g/mol. The standard InChI is InChI=1S/C26H26N4O3S3/c1-5-11-30-23(18-12-20(16(2)3)34-13-18)28-29-26(30)36-15-21(31)27-24-22(25(32)33-4)19(14-35-24)17-9-7-6-8-10-17/h5-10,12-14,16H,1,11,15H2,2-4H3,(H,27,31). The SMILES string of the molecule is C=CCn1c(SCC(=O)Nc2scc(-c3ccccc3)c2C(=O)OC)nnc1-c1csc(C(C)C)c1. The van der Waals surface area contributed by atoms with Crippen LogP contribution in [0.4, 0.5) is 5.00 Å². The normalized spacial score (nSPS) is 11.0. The fourth-order valence-electron chi connectivity index (χ4n) is 3.55. The molecule has 36 heavy (non-hydrogen) atoms. The monoisotopic (exact) mass is 538 g/mol. The van der Waals surface area contributed by atoms with Gasteiger partial charge in [-0.05, 0) is 17.5 Å². The van der Waals surface area contributed by atoms with E-state index in [1.165, 1.54) is 35.1 Å². The molecule has 3 heterocycles. The third-order valence-corrected chi connectivity index (χ3v) is 8.42. The summed E-state index contributed by atoms with van der Waals surface area (Å²) in [4.78, 5) is 26.7. The molecule has 0 fully saturated rings. The minimum atomic E-state index is -0.495. The third-order valence-electron chi connectivity index (χ3n) is 5.33. The molecule has 0 saturated heterocycles. The summed E-state index contributed by atoms with van der Waals surface area (Å²) >= 11 is 4.28. The van der Waals surface area contributed by atoms with E-state index in [4.69, 9.17) is 4.74 Å². The number of ether oxygens (including phenoxy) is 1. The first kappa shape index (κ1) is 25.9. The highest BCUT2D eigenvalue weighted by atomic mass is 32.2. The summed E-state index contributed by atoms with van der Waals surface area (Å²) in [5, 5.41) is 16.6. The maximum Gasteiger partial charge on any atom is 0.341 e. The number of rotatable bonds is 10. The summed E-state index contributed by atoms with van der Waals surface area (Å²) in [6, 6.07) is 11.7. The van der Waals surface area contributed by atoms with Crippen LogP contribution in [-0.2, 0) is 16.1 Å². The van der Waals surface area contributed by atoms with Crippen LogP contribution >= 0.6 is 34.4 Å². The summed E-state index contributed by atoms with van der Waals surface area (Å²) in [5.41, 5.74) is 2.96. The van der Waals surface area contributed by atoms with E-state index in [1.807, 2.05) is 40.3 Å². The molecule has 1 N–H and O–H groups in total. The van der Waals surface area contributed by atoms with E-state index < -0.39 is 5.97 Å². The summed E-state index contributed by atoms with van der Waals surface area (Å²) in [7, 11) is 1.33. The number of esters is 1. The Labute approximate surface area is 222 Å². The molecule has 1 aromatic carbocycles. The van der Waals surface area contributed by atoms with Gasteiger partial charge in [-0.1, -0.05) is 62.0 Å². The number of methoxy groups -OCH3 is 1. The number of anilines is 1. The van der Waals surface area contributed by atoms with E-state index in [0.717, 1.165) is 22.5 Å². The van der Waals surface area contributed by atoms with Crippen LogP contribution in [0.2, 0.25) is 0 Å². The molecule has 0 aliphatic rings. The van der Waals surface area contributed by atoms with Crippen molar-refractivity contribution in [3.8, 4) is 22.5 Å². The van der Waals surface area contributed by atoms with Gasteiger partial charge in [-0.2, -0.15) is 0 Å². The Kier molecular flexibility index (Phi) is 8.40. The molecular weight excluding hydrogens is 513 g/mol. The van der Waals surface area contributed by atoms with Crippen molar-refractivity contribution in [1.82, 2.24) is 14.8 Å². The molecule has 0 aliphatic carbocycles. The van der Waals surface area contributed by atoms with Gasteiger partial charge in [-0.15, -0.1) is 39.4 Å². The van der Waals surface area contributed by atoms with Gasteiger partial charge in [-0.25, -0.2) is 4.79 Å². The largest absolute Gasteiger partial charge is 0.465 e. The predicted octanol–water partition coefficient (Wildman–Crippen LogP) is 6.56. The zero-order chi connectivity index (χ0) is 25.7. The highest BCUT2D eigenvalue weighted by molar-refractivity contribution is 7.99. The molecule has 0 spiro atoms. The number of allylic oxidation sites excluding steroid dienone is 1. The number of nitrogens with one attached hydrogen (secondary N) is 1. The number of hydrogen-bond acceptors (Lipinski definition) is 8. The van der Waals surface area contributed by atoms with Crippen LogP contribution in [0.15, 0.2) is 65.0 Å². The minimum Gasteiger partial charge on any atom is -0.465 e. The molecular formula is C26H26N4O3S3. The molecule has 4 rings (SSSR count). The molecule has 0 saturated carbocycles. The topological polar surface area (TPSA) is 86.1 Å². The molecule has 0 atom stereocenters. The fourth-order valence-corrected chi connectivity index (χ4v) is 6.18. The first-order valence-corrected chi connectivity index (χ1v) is 14.0. The van der Waals surface area contributed by atoms with Crippen LogP contribution in [0.5, 0.6) is 0 Å². The summed E-state index contributed by atoms with van der Waals surface area (Å²) in [6.45, 7) is 8.70. The summed E-state index contributed by atoms with van der Waals surface area (Å²) in [5.74, 6) is 0.546. The van der Waals surface area contributed by atoms with Crippen molar-refractivity contribution in [2.24, 2.45) is 0 Å². The van der Waals surface area contributed by atoms with Crippen molar-refractivity contribution in [2.75, 3.05) is 18.2 Å². The maximum absolute atomic E-state index is 12.9. The first-order valence-electron chi connectivity index (χ1n) is 11.2. The van der Waals surface area contributed by atoms with Crippen molar-refractivity contribution in [3.63, 3.8) is 0 Å². The number of aromatic nitrogens is 3. The maximum atomic E-state index is 12.9. The molecule has 7 nitrogen and oxygen atoms in total. The Bertz CT molecular complexity index is 1370. The first-order chi connectivity index (χ1) is 17.4. The molecule has 0 bridgehead atoms. The highest BCUT2D eigenvalue weighted by Crippen LogP contribution is 2.36. The van der Waals surface area contributed by atoms with Gasteiger partial charge in [0, 0.05) is 33.3 Å². The van der Waals surface area contributed by atoms with E-state index in [1.54, 1.807) is 17.4 Å². The second kappa shape index (κ2) is 11.7. The van der Waals surface area contributed by atoms with Crippen molar-refractivity contribution in [1.29, 1.82) is 0 Å². The second-order valence-corrected chi connectivity index (χ2v) is 10.9. The third kappa shape index (κ3) is 5.61. The van der Waals surface area contributed by atoms with Crippen LogP contribution in [-0.4, -0.2) is 39.5 Å². The summed E-state index contributed by atoms with van der Waals surface area (Å²) in [6.07, 6.45) is 1.78. The average Bonchev–Trinajstić information content (AvgIpc) is 3.62. The summed E-state index contributed by atoms with van der Waals surface area (Å²) < 4.78 is 6.95. The number of hydrogen-bond donors (Lipinski definition) is 1. The molecule has 0 radical (unpaired) electrons. The van der Waals surface area contributed by atoms with Crippen LogP contribution in [0.25, 0.3) is 22.5 Å². The molecule has 0 unspecified atom stereocenters. The van der Waals surface area contributed by atoms with Gasteiger partial charge in [0.25, 0.3) is 0 Å². The minimum absolute atomic E-state index is 0.106. The van der Waals surface area contributed by atoms with E-state index in [-0.39, 0.29) is 11.7 Å². The van der Waals surface area contributed by atoms with E-state index in [9.17, 15) is 9.59 Å². The van der Waals surface area contributed by atoms with Crippen LogP contribution in [0.1, 0.15) is 35.0 Å². The zero-order valence-electron chi connectivity index (χ0n) is 20.2.